The highest BCUT2D eigenvalue weighted by Crippen LogP contribution is 2.35. The second-order valence-electron chi connectivity index (χ2n) is 17.3. The lowest BCUT2D eigenvalue weighted by atomic mass is 10.1. The average molecular weight is 829 g/mol. The van der Waals surface area contributed by atoms with E-state index in [0.717, 1.165) is 106 Å². The van der Waals surface area contributed by atoms with Gasteiger partial charge in [-0.25, -0.2) is 19.9 Å². The molecule has 0 aliphatic heterocycles. The quantitative estimate of drug-likeness (QED) is 0.0769. The Morgan fingerprint density at radius 3 is 1.53 bits per heavy atom. The van der Waals surface area contributed by atoms with E-state index in [1.807, 2.05) is 103 Å². The molecule has 0 unspecified atom stereocenters. The molecule has 4 heterocycles. The van der Waals surface area contributed by atoms with E-state index < -0.39 is 5.54 Å². The summed E-state index contributed by atoms with van der Waals surface area (Å²) in [6.07, 6.45) is 7.54. The summed E-state index contributed by atoms with van der Waals surface area (Å²) in [5.74, 6) is 2.37. The van der Waals surface area contributed by atoms with Crippen molar-refractivity contribution in [3.05, 3.63) is 121 Å². The standard InChI is InChI=1S/C25H27N5O2.C24H25N5O/c1-16(2)13-26-22-23-27-14-21(30(23)20-6-4-3-5-19(20)28-22)17-7-9-18(10-8-17)24(32)29-25(15-31)11-12-25;1-15(2)13-25-22-23-26-14-21(29(23)20-6-4-3-5-19(20)28-22)16-7-9-17(10-8-16)24(30)27-18-11-12-18/h3-10,14,16,31H,11-13,15H2,1-2H3,(H,26,28)(H,29,32);3-10,14-15,18H,11-13H2,1-2H3,(H,25,28)(H,27,30). The van der Waals surface area contributed by atoms with Crippen LogP contribution in [-0.4, -0.2) is 76.9 Å². The van der Waals surface area contributed by atoms with Gasteiger partial charge in [-0.05, 0) is 86.1 Å². The van der Waals surface area contributed by atoms with Crippen LogP contribution in [0, 0.1) is 11.8 Å². The Morgan fingerprint density at radius 1 is 0.661 bits per heavy atom. The number of hydrogen-bond acceptors (Lipinski definition) is 9. The fraction of sp³-hybridized carbons (Fsp3) is 0.306. The van der Waals surface area contributed by atoms with Crippen LogP contribution in [0.1, 0.15) is 74.1 Å². The summed E-state index contributed by atoms with van der Waals surface area (Å²) in [4.78, 5) is 43.8. The van der Waals surface area contributed by atoms with Crippen molar-refractivity contribution in [2.45, 2.75) is 65.0 Å². The predicted octanol–water partition coefficient (Wildman–Crippen LogP) is 8.38. The van der Waals surface area contributed by atoms with Crippen LogP contribution in [0.25, 0.3) is 55.9 Å². The fourth-order valence-electron chi connectivity index (χ4n) is 7.48. The number of carbonyl (C=O) groups excluding carboxylic acids is 2. The van der Waals surface area contributed by atoms with Crippen molar-refractivity contribution in [3.63, 3.8) is 0 Å². The van der Waals surface area contributed by atoms with Crippen LogP contribution in [0.15, 0.2) is 109 Å². The summed E-state index contributed by atoms with van der Waals surface area (Å²) >= 11 is 0. The highest BCUT2D eigenvalue weighted by molar-refractivity contribution is 5.96. The van der Waals surface area contributed by atoms with E-state index in [9.17, 15) is 14.7 Å². The molecule has 316 valence electrons. The van der Waals surface area contributed by atoms with Gasteiger partial charge in [0.15, 0.2) is 22.9 Å². The molecule has 2 amide bonds. The Bertz CT molecular complexity index is 2910. The maximum atomic E-state index is 12.6. The summed E-state index contributed by atoms with van der Waals surface area (Å²) in [5, 5.41) is 22.3. The molecule has 0 bridgehead atoms. The summed E-state index contributed by atoms with van der Waals surface area (Å²) in [6.45, 7) is 10.3. The Kier molecular flexibility index (Phi) is 11.0. The van der Waals surface area contributed by atoms with Crippen molar-refractivity contribution in [2.75, 3.05) is 30.3 Å². The first-order chi connectivity index (χ1) is 30.1. The number of nitrogens with one attached hydrogen (secondary N) is 4. The summed E-state index contributed by atoms with van der Waals surface area (Å²) in [6, 6.07) is 31.7. The van der Waals surface area contributed by atoms with Gasteiger partial charge >= 0.3 is 0 Å². The van der Waals surface area contributed by atoms with Crippen molar-refractivity contribution >= 4 is 56.8 Å². The monoisotopic (exact) mass is 828 g/mol. The number of para-hydroxylation sites is 4. The molecule has 0 spiro atoms. The maximum Gasteiger partial charge on any atom is 0.251 e. The van der Waals surface area contributed by atoms with Gasteiger partial charge in [0.05, 0.1) is 58.0 Å². The third-order valence-corrected chi connectivity index (χ3v) is 11.3. The molecule has 13 nitrogen and oxygen atoms in total. The number of carbonyl (C=O) groups is 2. The molecule has 2 aliphatic rings. The molecular weight excluding hydrogens is 777 g/mol. The topological polar surface area (TPSA) is 163 Å². The number of hydrogen-bond donors (Lipinski definition) is 5. The normalized spacial score (nSPS) is 14.3. The molecular formula is C49H52N10O3. The van der Waals surface area contributed by atoms with Gasteiger partial charge in [0.1, 0.15) is 0 Å². The largest absolute Gasteiger partial charge is 0.394 e. The Balaban J connectivity index is 0.000000158. The van der Waals surface area contributed by atoms with Gasteiger partial charge in [0.2, 0.25) is 0 Å². The van der Waals surface area contributed by atoms with Crippen LogP contribution >= 0.6 is 0 Å². The number of aliphatic hydroxyl groups is 1. The Hall–Kier alpha value is -6.86. The highest BCUT2D eigenvalue weighted by Gasteiger charge is 2.43. The molecule has 2 saturated carbocycles. The van der Waals surface area contributed by atoms with E-state index in [4.69, 9.17) is 9.97 Å². The number of imidazole rings is 2. The third kappa shape index (κ3) is 8.40. The van der Waals surface area contributed by atoms with Crippen LogP contribution in [0.3, 0.4) is 0 Å². The maximum absolute atomic E-state index is 12.6. The van der Waals surface area contributed by atoms with Crippen LogP contribution in [0.4, 0.5) is 11.6 Å². The Morgan fingerprint density at radius 2 is 1.11 bits per heavy atom. The molecule has 4 aromatic heterocycles. The predicted molar refractivity (Wildman–Crippen MR) is 246 cm³/mol. The van der Waals surface area contributed by atoms with Crippen molar-refractivity contribution in [3.8, 4) is 22.5 Å². The molecule has 0 radical (unpaired) electrons. The minimum Gasteiger partial charge on any atom is -0.394 e. The van der Waals surface area contributed by atoms with Crippen LogP contribution < -0.4 is 21.3 Å². The molecule has 2 aliphatic carbocycles. The highest BCUT2D eigenvalue weighted by atomic mass is 16.3. The number of rotatable bonds is 13. The first kappa shape index (κ1) is 40.5. The SMILES string of the molecule is CC(C)CNc1nc2ccccc2n2c(-c3ccc(C(=O)NC4(CO)CC4)cc3)cnc12.CC(C)CNc1nc2ccccc2n2c(-c3ccc(C(=O)NC4CC4)cc3)cnc12. The second kappa shape index (κ2) is 16.9. The second-order valence-corrected chi connectivity index (χ2v) is 17.3. The molecule has 5 N–H and O–H groups in total. The molecule has 10 rings (SSSR count). The molecule has 13 heteroatoms. The fourth-order valence-corrected chi connectivity index (χ4v) is 7.48. The van der Waals surface area contributed by atoms with E-state index in [1.165, 1.54) is 0 Å². The van der Waals surface area contributed by atoms with Gasteiger partial charge in [-0.15, -0.1) is 0 Å². The molecule has 0 atom stereocenters. The van der Waals surface area contributed by atoms with Crippen LogP contribution in [0.5, 0.6) is 0 Å². The third-order valence-electron chi connectivity index (χ3n) is 11.3. The van der Waals surface area contributed by atoms with Gasteiger partial charge in [0.25, 0.3) is 11.8 Å². The summed E-state index contributed by atoms with van der Waals surface area (Å²) in [7, 11) is 0. The van der Waals surface area contributed by atoms with Crippen molar-refractivity contribution < 1.29 is 14.7 Å². The average Bonchev–Trinajstić information content (AvgIpc) is 4.17. The first-order valence-corrected chi connectivity index (χ1v) is 21.5. The van der Waals surface area contributed by atoms with Gasteiger partial charge in [-0.3, -0.25) is 18.4 Å². The number of amides is 2. The van der Waals surface area contributed by atoms with E-state index in [1.54, 1.807) is 0 Å². The number of nitrogens with zero attached hydrogens (tertiary/aromatic N) is 6. The van der Waals surface area contributed by atoms with Crippen LogP contribution in [-0.2, 0) is 0 Å². The van der Waals surface area contributed by atoms with Crippen molar-refractivity contribution in [2.24, 2.45) is 11.8 Å². The summed E-state index contributed by atoms with van der Waals surface area (Å²) in [5.41, 5.74) is 10.1. The van der Waals surface area contributed by atoms with E-state index in [2.05, 4.69) is 73.8 Å². The van der Waals surface area contributed by atoms with Crippen LogP contribution in [0.2, 0.25) is 0 Å². The number of aromatic nitrogens is 6. The zero-order valence-electron chi connectivity index (χ0n) is 35.5. The lowest BCUT2D eigenvalue weighted by Gasteiger charge is -2.14. The number of anilines is 2. The lowest BCUT2D eigenvalue weighted by molar-refractivity contribution is 0.0905. The summed E-state index contributed by atoms with van der Waals surface area (Å²) < 4.78 is 4.26. The molecule has 0 saturated heterocycles. The number of fused-ring (bicyclic) bond motifs is 6. The lowest BCUT2D eigenvalue weighted by Crippen LogP contribution is -2.39. The van der Waals surface area contributed by atoms with Gasteiger partial charge in [-0.2, -0.15) is 0 Å². The number of aliphatic hydroxyl groups excluding tert-OH is 1. The molecule has 2 fully saturated rings. The van der Waals surface area contributed by atoms with E-state index >= 15 is 0 Å². The minimum absolute atomic E-state index is 0.00277. The van der Waals surface area contributed by atoms with E-state index in [-0.39, 0.29) is 18.4 Å². The van der Waals surface area contributed by atoms with Crippen molar-refractivity contribution in [1.82, 2.24) is 39.4 Å². The zero-order valence-corrected chi connectivity index (χ0v) is 35.5. The minimum atomic E-state index is -0.428. The smallest absolute Gasteiger partial charge is 0.251 e. The van der Waals surface area contributed by atoms with E-state index in [0.29, 0.717) is 29.0 Å². The molecule has 4 aromatic carbocycles. The van der Waals surface area contributed by atoms with Gasteiger partial charge in [-0.1, -0.05) is 76.2 Å². The van der Waals surface area contributed by atoms with Gasteiger partial charge < -0.3 is 26.4 Å². The first-order valence-electron chi connectivity index (χ1n) is 21.5. The zero-order chi connectivity index (χ0) is 43.0. The Labute approximate surface area is 360 Å². The van der Waals surface area contributed by atoms with Gasteiger partial charge in [0, 0.05) is 41.4 Å². The molecule has 62 heavy (non-hydrogen) atoms. The van der Waals surface area contributed by atoms with Crippen molar-refractivity contribution in [1.29, 1.82) is 0 Å². The molecule has 8 aromatic rings. The number of benzene rings is 4.